The lowest BCUT2D eigenvalue weighted by molar-refractivity contribution is -0.140. The number of rotatable bonds is 7. The topological polar surface area (TPSA) is 60.9 Å². The van der Waals surface area contributed by atoms with Gasteiger partial charge in [-0.2, -0.15) is 0 Å². The number of Topliss-reactive ketones (excluding diaryl/α,β-unsaturated/α-hetero) is 1. The molecule has 2 saturated carbocycles. The number of piperazine rings is 1. The maximum absolute atomic E-state index is 14.5. The number of aliphatic hydroxyl groups is 1. The fraction of sp³-hybridized carbons (Fsp3) is 0.704. The summed E-state index contributed by atoms with van der Waals surface area (Å²) in [7, 11) is 0. The number of hydrogen-bond acceptors (Lipinski definition) is 4. The van der Waals surface area contributed by atoms with E-state index in [-0.39, 0.29) is 42.0 Å². The second-order valence-corrected chi connectivity index (χ2v) is 10.6. The highest BCUT2D eigenvalue weighted by atomic mass is 19.1. The second kappa shape index (κ2) is 10.6. The summed E-state index contributed by atoms with van der Waals surface area (Å²) in [6.07, 6.45) is 7.24. The summed E-state index contributed by atoms with van der Waals surface area (Å²) in [5.41, 5.74) is 2.65. The summed E-state index contributed by atoms with van der Waals surface area (Å²) in [6, 6.07) is 3.23. The Bertz CT molecular complexity index is 867. The quantitative estimate of drug-likeness (QED) is 0.671. The molecule has 182 valence electrons. The van der Waals surface area contributed by atoms with Crippen LogP contribution in [-0.4, -0.2) is 58.4 Å². The molecule has 1 aromatic carbocycles. The molecule has 3 fully saturated rings. The van der Waals surface area contributed by atoms with Gasteiger partial charge >= 0.3 is 0 Å². The maximum atomic E-state index is 14.5. The van der Waals surface area contributed by atoms with E-state index in [4.69, 9.17) is 0 Å². The summed E-state index contributed by atoms with van der Waals surface area (Å²) < 4.78 is 14.5. The number of benzene rings is 1. The number of carbonyl (C=O) groups is 2. The molecule has 6 heteroatoms. The van der Waals surface area contributed by atoms with E-state index in [1.807, 2.05) is 11.8 Å². The molecule has 1 aromatic rings. The zero-order valence-electron chi connectivity index (χ0n) is 20.2. The lowest BCUT2D eigenvalue weighted by Gasteiger charge is -2.41. The zero-order chi connectivity index (χ0) is 23.5. The van der Waals surface area contributed by atoms with Crippen molar-refractivity contribution < 1.29 is 19.1 Å². The fourth-order valence-corrected chi connectivity index (χ4v) is 6.13. The van der Waals surface area contributed by atoms with Crippen LogP contribution in [0.4, 0.5) is 4.39 Å². The van der Waals surface area contributed by atoms with Gasteiger partial charge in [-0.3, -0.25) is 14.5 Å². The van der Waals surface area contributed by atoms with Gasteiger partial charge < -0.3 is 10.0 Å². The highest BCUT2D eigenvalue weighted by Crippen LogP contribution is 2.30. The van der Waals surface area contributed by atoms with Crippen LogP contribution in [0.25, 0.3) is 0 Å². The Labute approximate surface area is 197 Å². The first-order chi connectivity index (χ1) is 15.8. The Morgan fingerprint density at radius 1 is 1.06 bits per heavy atom. The van der Waals surface area contributed by atoms with Crippen LogP contribution >= 0.6 is 0 Å². The van der Waals surface area contributed by atoms with Gasteiger partial charge in [-0.05, 0) is 74.3 Å². The summed E-state index contributed by atoms with van der Waals surface area (Å²) >= 11 is 0. The molecule has 2 aliphatic carbocycles. The molecule has 3 aliphatic rings. The van der Waals surface area contributed by atoms with Crippen molar-refractivity contribution in [3.05, 3.63) is 34.6 Å². The average Bonchev–Trinajstić information content (AvgIpc) is 3.43. The number of carbonyl (C=O) groups excluding carboxylic acids is 2. The molecule has 0 aromatic heterocycles. The van der Waals surface area contributed by atoms with E-state index >= 15 is 0 Å². The van der Waals surface area contributed by atoms with Gasteiger partial charge in [-0.15, -0.1) is 0 Å². The summed E-state index contributed by atoms with van der Waals surface area (Å²) in [5.74, 6) is 0.343. The minimum Gasteiger partial charge on any atom is -0.393 e. The normalized spacial score (nSPS) is 26.8. The third-order valence-corrected chi connectivity index (χ3v) is 8.18. The molecule has 1 heterocycles. The molecule has 1 amide bonds. The SMILES string of the molecule is Cc1c(CC(=O)CC2CCCC2O)cc(F)cc1CN1CCN(C(=O)C2CCCC2)[C@@H](C)C1. The van der Waals surface area contributed by atoms with Gasteiger partial charge in [0.2, 0.25) is 5.91 Å². The first-order valence-electron chi connectivity index (χ1n) is 12.8. The maximum Gasteiger partial charge on any atom is 0.226 e. The van der Waals surface area contributed by atoms with E-state index in [9.17, 15) is 19.1 Å². The monoisotopic (exact) mass is 458 g/mol. The van der Waals surface area contributed by atoms with Crippen LogP contribution in [0, 0.1) is 24.6 Å². The number of hydrogen-bond donors (Lipinski definition) is 1. The van der Waals surface area contributed by atoms with Crippen molar-refractivity contribution in [3.8, 4) is 0 Å². The Hall–Kier alpha value is -1.79. The van der Waals surface area contributed by atoms with Gasteiger partial charge in [0.05, 0.1) is 6.10 Å². The van der Waals surface area contributed by atoms with Crippen LogP contribution in [0.15, 0.2) is 12.1 Å². The minimum atomic E-state index is -0.376. The third kappa shape index (κ3) is 5.83. The molecular formula is C27H39FN2O3. The van der Waals surface area contributed by atoms with Crippen molar-refractivity contribution in [2.75, 3.05) is 19.6 Å². The predicted molar refractivity (Wildman–Crippen MR) is 126 cm³/mol. The predicted octanol–water partition coefficient (Wildman–Crippen LogP) is 4.02. The van der Waals surface area contributed by atoms with E-state index in [0.717, 1.165) is 81.3 Å². The molecule has 2 unspecified atom stereocenters. The van der Waals surface area contributed by atoms with Gasteiger partial charge in [-0.25, -0.2) is 4.39 Å². The number of halogens is 1. The summed E-state index contributed by atoms with van der Waals surface area (Å²) in [6.45, 7) is 7.00. The van der Waals surface area contributed by atoms with Crippen LogP contribution in [0.5, 0.6) is 0 Å². The summed E-state index contributed by atoms with van der Waals surface area (Å²) in [4.78, 5) is 29.9. The largest absolute Gasteiger partial charge is 0.393 e. The molecular weight excluding hydrogens is 419 g/mol. The lowest BCUT2D eigenvalue weighted by Crippen LogP contribution is -2.54. The minimum absolute atomic E-state index is 0.0514. The number of amides is 1. The molecule has 3 atom stereocenters. The van der Waals surface area contributed by atoms with Crippen molar-refractivity contribution in [2.45, 2.75) is 90.3 Å². The molecule has 1 aliphatic heterocycles. The van der Waals surface area contributed by atoms with E-state index in [2.05, 4.69) is 11.8 Å². The first kappa shape index (κ1) is 24.3. The van der Waals surface area contributed by atoms with E-state index < -0.39 is 0 Å². The van der Waals surface area contributed by atoms with E-state index in [0.29, 0.717) is 18.9 Å². The van der Waals surface area contributed by atoms with Gasteiger partial charge in [0.1, 0.15) is 11.6 Å². The van der Waals surface area contributed by atoms with Gasteiger partial charge in [0, 0.05) is 51.0 Å². The Balaban J connectivity index is 1.36. The van der Waals surface area contributed by atoms with E-state index in [1.54, 1.807) is 6.07 Å². The number of nitrogens with zero attached hydrogens (tertiary/aromatic N) is 2. The van der Waals surface area contributed by atoms with Crippen molar-refractivity contribution in [1.29, 1.82) is 0 Å². The number of ketones is 1. The second-order valence-electron chi connectivity index (χ2n) is 10.6. The molecule has 33 heavy (non-hydrogen) atoms. The standard InChI is InChI=1S/C27H39FN2O3/c1-18-16-29(10-11-30(18)27(33)20-6-3-4-7-20)17-23-13-24(28)12-22(19(23)2)15-25(31)14-21-8-5-9-26(21)32/h12-13,18,20-21,26,32H,3-11,14-17H2,1-2H3/t18-,21?,26?/m0/s1. The summed E-state index contributed by atoms with van der Waals surface area (Å²) in [5, 5.41) is 10.0. The smallest absolute Gasteiger partial charge is 0.226 e. The van der Waals surface area contributed by atoms with Gasteiger partial charge in [0.25, 0.3) is 0 Å². The van der Waals surface area contributed by atoms with Crippen LogP contribution in [0.3, 0.4) is 0 Å². The first-order valence-corrected chi connectivity index (χ1v) is 12.8. The van der Waals surface area contributed by atoms with Gasteiger partial charge in [-0.1, -0.05) is 19.3 Å². The fourth-order valence-electron chi connectivity index (χ4n) is 6.13. The lowest BCUT2D eigenvalue weighted by atomic mass is 9.92. The molecule has 0 radical (unpaired) electrons. The molecule has 4 rings (SSSR count). The van der Waals surface area contributed by atoms with Crippen molar-refractivity contribution in [3.63, 3.8) is 0 Å². The van der Waals surface area contributed by atoms with Crippen LogP contribution in [0.2, 0.25) is 0 Å². The highest BCUT2D eigenvalue weighted by Gasteiger charge is 2.33. The molecule has 5 nitrogen and oxygen atoms in total. The van der Waals surface area contributed by atoms with Crippen molar-refractivity contribution >= 4 is 11.7 Å². The zero-order valence-corrected chi connectivity index (χ0v) is 20.2. The van der Waals surface area contributed by atoms with E-state index in [1.165, 1.54) is 6.07 Å². The Kier molecular flexibility index (Phi) is 7.85. The molecule has 0 bridgehead atoms. The Morgan fingerprint density at radius 3 is 2.45 bits per heavy atom. The third-order valence-electron chi connectivity index (χ3n) is 8.18. The van der Waals surface area contributed by atoms with Crippen molar-refractivity contribution in [1.82, 2.24) is 9.80 Å². The van der Waals surface area contributed by atoms with Crippen LogP contribution in [-0.2, 0) is 22.6 Å². The average molecular weight is 459 g/mol. The Morgan fingerprint density at radius 2 is 1.79 bits per heavy atom. The highest BCUT2D eigenvalue weighted by molar-refractivity contribution is 5.81. The molecule has 1 N–H and O–H groups in total. The van der Waals surface area contributed by atoms with Gasteiger partial charge in [0.15, 0.2) is 0 Å². The molecule has 0 spiro atoms. The number of aliphatic hydroxyl groups excluding tert-OH is 1. The molecule has 1 saturated heterocycles. The van der Waals surface area contributed by atoms with Crippen molar-refractivity contribution in [2.24, 2.45) is 11.8 Å². The van der Waals surface area contributed by atoms with Crippen LogP contribution in [0.1, 0.15) is 75.0 Å². The van der Waals surface area contributed by atoms with Crippen LogP contribution < -0.4 is 0 Å².